The Morgan fingerprint density at radius 1 is 1.10 bits per heavy atom. The third kappa shape index (κ3) is 3.48. The summed E-state index contributed by atoms with van der Waals surface area (Å²) in [5.74, 6) is 0. The van der Waals surface area contributed by atoms with Crippen molar-refractivity contribution in [3.05, 3.63) is 52.8 Å². The molecular formula is C17H25N3. The molecule has 0 unspecified atom stereocenters. The highest BCUT2D eigenvalue weighted by Crippen LogP contribution is 2.22. The molecule has 20 heavy (non-hydrogen) atoms. The van der Waals surface area contributed by atoms with Gasteiger partial charge in [-0.2, -0.15) is 5.10 Å². The molecule has 0 saturated carbocycles. The Morgan fingerprint density at radius 2 is 1.75 bits per heavy atom. The second-order valence-corrected chi connectivity index (χ2v) is 6.43. The SMILES string of the molecule is Cc1c(CNCc2ccc(C(C)(C)C)cc2)cnn1C. The molecule has 3 heteroatoms. The predicted octanol–water partition coefficient (Wildman–Crippen LogP) is 3.32. The van der Waals surface area contributed by atoms with Crippen molar-refractivity contribution in [3.63, 3.8) is 0 Å². The van der Waals surface area contributed by atoms with E-state index in [2.05, 4.69) is 62.4 Å². The van der Waals surface area contributed by atoms with Gasteiger partial charge in [-0.3, -0.25) is 4.68 Å². The Bertz CT molecular complexity index is 559. The minimum Gasteiger partial charge on any atom is -0.308 e. The molecule has 0 atom stereocenters. The molecule has 0 fully saturated rings. The highest BCUT2D eigenvalue weighted by atomic mass is 15.3. The van der Waals surface area contributed by atoms with Crippen molar-refractivity contribution in [3.8, 4) is 0 Å². The first-order valence-electron chi connectivity index (χ1n) is 7.15. The lowest BCUT2D eigenvalue weighted by Crippen LogP contribution is -2.14. The van der Waals surface area contributed by atoms with Gasteiger partial charge in [0.1, 0.15) is 0 Å². The quantitative estimate of drug-likeness (QED) is 0.924. The number of aryl methyl sites for hydroxylation is 1. The van der Waals surface area contributed by atoms with E-state index in [4.69, 9.17) is 0 Å². The standard InChI is InChI=1S/C17H25N3/c1-13-15(12-19-20(13)5)11-18-10-14-6-8-16(9-7-14)17(2,3)4/h6-9,12,18H,10-11H2,1-5H3. The second kappa shape index (κ2) is 5.80. The molecule has 0 aliphatic rings. The van der Waals surface area contributed by atoms with Crippen molar-refractivity contribution in [1.82, 2.24) is 15.1 Å². The van der Waals surface area contributed by atoms with Gasteiger partial charge in [-0.15, -0.1) is 0 Å². The van der Waals surface area contributed by atoms with E-state index >= 15 is 0 Å². The number of aromatic nitrogens is 2. The van der Waals surface area contributed by atoms with Crippen LogP contribution in [0.4, 0.5) is 0 Å². The highest BCUT2D eigenvalue weighted by molar-refractivity contribution is 5.27. The van der Waals surface area contributed by atoms with Crippen LogP contribution in [0.25, 0.3) is 0 Å². The van der Waals surface area contributed by atoms with Crippen LogP contribution < -0.4 is 5.32 Å². The number of nitrogens with zero attached hydrogens (tertiary/aromatic N) is 2. The van der Waals surface area contributed by atoms with E-state index in [0.29, 0.717) is 0 Å². The van der Waals surface area contributed by atoms with Crippen LogP contribution in [0, 0.1) is 6.92 Å². The van der Waals surface area contributed by atoms with E-state index in [9.17, 15) is 0 Å². The Hall–Kier alpha value is -1.61. The maximum Gasteiger partial charge on any atom is 0.0537 e. The molecule has 1 N–H and O–H groups in total. The van der Waals surface area contributed by atoms with Gasteiger partial charge in [0.05, 0.1) is 6.20 Å². The third-order valence-electron chi connectivity index (χ3n) is 3.80. The number of nitrogens with one attached hydrogen (secondary N) is 1. The summed E-state index contributed by atoms with van der Waals surface area (Å²) in [6.45, 7) is 10.6. The predicted molar refractivity (Wildman–Crippen MR) is 83.6 cm³/mol. The summed E-state index contributed by atoms with van der Waals surface area (Å²) >= 11 is 0. The highest BCUT2D eigenvalue weighted by Gasteiger charge is 2.12. The van der Waals surface area contributed by atoms with Gasteiger partial charge in [0.2, 0.25) is 0 Å². The summed E-state index contributed by atoms with van der Waals surface area (Å²) in [4.78, 5) is 0. The number of hydrogen-bond donors (Lipinski definition) is 1. The monoisotopic (exact) mass is 271 g/mol. The molecule has 108 valence electrons. The number of benzene rings is 1. The van der Waals surface area contributed by atoms with E-state index in [-0.39, 0.29) is 5.41 Å². The van der Waals surface area contributed by atoms with E-state index in [1.807, 2.05) is 17.9 Å². The lowest BCUT2D eigenvalue weighted by Gasteiger charge is -2.19. The average molecular weight is 271 g/mol. The van der Waals surface area contributed by atoms with Crippen molar-refractivity contribution >= 4 is 0 Å². The van der Waals surface area contributed by atoms with Crippen LogP contribution >= 0.6 is 0 Å². The Morgan fingerprint density at radius 3 is 2.25 bits per heavy atom. The Labute approximate surface area is 122 Å². The van der Waals surface area contributed by atoms with Gasteiger partial charge in [0.25, 0.3) is 0 Å². The molecule has 0 radical (unpaired) electrons. The van der Waals surface area contributed by atoms with E-state index in [1.54, 1.807) is 0 Å². The first-order chi connectivity index (χ1) is 9.38. The minimum absolute atomic E-state index is 0.221. The summed E-state index contributed by atoms with van der Waals surface area (Å²) in [6, 6.07) is 8.88. The van der Waals surface area contributed by atoms with Gasteiger partial charge in [0.15, 0.2) is 0 Å². The fourth-order valence-electron chi connectivity index (χ4n) is 2.18. The molecule has 0 bridgehead atoms. The maximum atomic E-state index is 4.26. The van der Waals surface area contributed by atoms with Gasteiger partial charge < -0.3 is 5.32 Å². The van der Waals surface area contributed by atoms with Crippen LogP contribution in [-0.4, -0.2) is 9.78 Å². The van der Waals surface area contributed by atoms with Crippen molar-refractivity contribution in [1.29, 1.82) is 0 Å². The fraction of sp³-hybridized carbons (Fsp3) is 0.471. The van der Waals surface area contributed by atoms with Crippen LogP contribution in [-0.2, 0) is 25.6 Å². The second-order valence-electron chi connectivity index (χ2n) is 6.43. The zero-order valence-corrected chi connectivity index (χ0v) is 13.2. The lowest BCUT2D eigenvalue weighted by atomic mass is 9.87. The molecule has 2 aromatic rings. The molecule has 1 heterocycles. The topological polar surface area (TPSA) is 29.9 Å². The van der Waals surface area contributed by atoms with Crippen LogP contribution in [0.3, 0.4) is 0 Å². The molecule has 0 saturated heterocycles. The van der Waals surface area contributed by atoms with Crippen LogP contribution in [0.5, 0.6) is 0 Å². The van der Waals surface area contributed by atoms with Gasteiger partial charge in [-0.05, 0) is 23.5 Å². The van der Waals surface area contributed by atoms with Gasteiger partial charge in [-0.25, -0.2) is 0 Å². The molecule has 0 spiro atoms. The molecule has 1 aromatic carbocycles. The van der Waals surface area contributed by atoms with E-state index in [0.717, 1.165) is 13.1 Å². The minimum atomic E-state index is 0.221. The molecular weight excluding hydrogens is 246 g/mol. The zero-order valence-electron chi connectivity index (χ0n) is 13.2. The van der Waals surface area contributed by atoms with Gasteiger partial charge >= 0.3 is 0 Å². The van der Waals surface area contributed by atoms with Gasteiger partial charge in [0, 0.05) is 31.4 Å². The molecule has 0 aliphatic carbocycles. The smallest absolute Gasteiger partial charge is 0.0537 e. The number of hydrogen-bond acceptors (Lipinski definition) is 2. The van der Waals surface area contributed by atoms with Crippen molar-refractivity contribution in [2.75, 3.05) is 0 Å². The van der Waals surface area contributed by atoms with E-state index in [1.165, 1.54) is 22.4 Å². The van der Waals surface area contributed by atoms with Gasteiger partial charge in [-0.1, -0.05) is 45.0 Å². The Kier molecular flexibility index (Phi) is 4.29. The van der Waals surface area contributed by atoms with Crippen molar-refractivity contribution in [2.24, 2.45) is 7.05 Å². The molecule has 0 aliphatic heterocycles. The van der Waals surface area contributed by atoms with Crippen LogP contribution in [0.1, 0.15) is 43.2 Å². The summed E-state index contributed by atoms with van der Waals surface area (Å²) in [7, 11) is 1.98. The van der Waals surface area contributed by atoms with Crippen LogP contribution in [0.2, 0.25) is 0 Å². The summed E-state index contributed by atoms with van der Waals surface area (Å²) in [5.41, 5.74) is 5.40. The number of rotatable bonds is 4. The zero-order chi connectivity index (χ0) is 14.8. The molecule has 1 aromatic heterocycles. The average Bonchev–Trinajstić information content (AvgIpc) is 2.70. The first kappa shape index (κ1) is 14.8. The first-order valence-corrected chi connectivity index (χ1v) is 7.15. The molecule has 2 rings (SSSR count). The van der Waals surface area contributed by atoms with Crippen LogP contribution in [0.15, 0.2) is 30.5 Å². The normalized spacial score (nSPS) is 11.8. The maximum absolute atomic E-state index is 4.26. The summed E-state index contributed by atoms with van der Waals surface area (Å²) < 4.78 is 1.91. The van der Waals surface area contributed by atoms with Crippen molar-refractivity contribution < 1.29 is 0 Å². The summed E-state index contributed by atoms with van der Waals surface area (Å²) in [6.07, 6.45) is 1.94. The third-order valence-corrected chi connectivity index (χ3v) is 3.80. The summed E-state index contributed by atoms with van der Waals surface area (Å²) in [5, 5.41) is 7.73. The van der Waals surface area contributed by atoms with E-state index < -0.39 is 0 Å². The lowest BCUT2D eigenvalue weighted by molar-refractivity contribution is 0.589. The molecule has 3 nitrogen and oxygen atoms in total. The molecule has 0 amide bonds. The largest absolute Gasteiger partial charge is 0.308 e. The Balaban J connectivity index is 1.90. The van der Waals surface area contributed by atoms with Crippen molar-refractivity contribution in [2.45, 2.75) is 46.2 Å². The fourth-order valence-corrected chi connectivity index (χ4v) is 2.18.